The Morgan fingerprint density at radius 1 is 1.38 bits per heavy atom. The van der Waals surface area contributed by atoms with Crippen LogP contribution in [-0.2, 0) is 11.2 Å². The summed E-state index contributed by atoms with van der Waals surface area (Å²) in [5.74, 6) is 0.0682. The summed E-state index contributed by atoms with van der Waals surface area (Å²) in [7, 11) is 0. The van der Waals surface area contributed by atoms with Crippen molar-refractivity contribution in [1.82, 2.24) is 9.97 Å². The molecule has 0 radical (unpaired) electrons. The summed E-state index contributed by atoms with van der Waals surface area (Å²) in [5.41, 5.74) is 6.33. The van der Waals surface area contributed by atoms with Gasteiger partial charge in [0.25, 0.3) is 0 Å². The third-order valence-corrected chi connectivity index (χ3v) is 3.27. The number of nitrogens with two attached hydrogens (primary N) is 1. The van der Waals surface area contributed by atoms with Gasteiger partial charge in [0.1, 0.15) is 11.8 Å². The topological polar surface area (TPSA) is 98.3 Å². The molecule has 0 spiro atoms. The van der Waals surface area contributed by atoms with Gasteiger partial charge in [-0.3, -0.25) is 4.79 Å². The molecular weight excluding hydrogens is 290 g/mol. The van der Waals surface area contributed by atoms with Crippen LogP contribution in [0.5, 0.6) is 11.6 Å². The Morgan fingerprint density at radius 3 is 2.71 bits per heavy atom. The van der Waals surface area contributed by atoms with Crippen LogP contribution in [-0.4, -0.2) is 33.3 Å². The van der Waals surface area contributed by atoms with E-state index in [1.165, 1.54) is 11.8 Å². The van der Waals surface area contributed by atoms with Crippen molar-refractivity contribution in [2.75, 3.05) is 6.26 Å². The number of aliphatic carboxylic acids is 1. The van der Waals surface area contributed by atoms with Crippen molar-refractivity contribution >= 4 is 17.7 Å². The van der Waals surface area contributed by atoms with E-state index in [-0.39, 0.29) is 6.42 Å². The number of rotatable bonds is 6. The number of carbonyl (C=O) groups is 1. The first-order valence-corrected chi connectivity index (χ1v) is 7.43. The van der Waals surface area contributed by atoms with Crippen LogP contribution in [0.3, 0.4) is 0 Å². The normalized spacial score (nSPS) is 11.9. The summed E-state index contributed by atoms with van der Waals surface area (Å²) < 4.78 is 5.62. The molecule has 1 aromatic carbocycles. The van der Waals surface area contributed by atoms with Gasteiger partial charge in [0.05, 0.1) is 0 Å². The lowest BCUT2D eigenvalue weighted by Crippen LogP contribution is -2.32. The summed E-state index contributed by atoms with van der Waals surface area (Å²) in [4.78, 5) is 19.0. The number of ether oxygens (including phenoxy) is 1. The van der Waals surface area contributed by atoms with E-state index in [0.717, 1.165) is 5.56 Å². The first kappa shape index (κ1) is 15.3. The first-order chi connectivity index (χ1) is 10.1. The molecule has 0 aliphatic heterocycles. The lowest BCUT2D eigenvalue weighted by Gasteiger charge is -2.08. The predicted molar refractivity (Wildman–Crippen MR) is 79.6 cm³/mol. The van der Waals surface area contributed by atoms with Gasteiger partial charge in [-0.25, -0.2) is 4.98 Å². The van der Waals surface area contributed by atoms with Gasteiger partial charge in [0, 0.05) is 12.3 Å². The van der Waals surface area contributed by atoms with Crippen LogP contribution in [0.2, 0.25) is 0 Å². The fourth-order valence-electron chi connectivity index (χ4n) is 1.64. The van der Waals surface area contributed by atoms with Crippen molar-refractivity contribution in [1.29, 1.82) is 0 Å². The van der Waals surface area contributed by atoms with Crippen molar-refractivity contribution in [3.05, 3.63) is 42.1 Å². The number of benzene rings is 1. The van der Waals surface area contributed by atoms with Crippen molar-refractivity contribution in [2.24, 2.45) is 5.73 Å². The molecule has 0 aliphatic carbocycles. The van der Waals surface area contributed by atoms with Crippen LogP contribution in [0.1, 0.15) is 5.56 Å². The second-order valence-electron chi connectivity index (χ2n) is 4.28. The fraction of sp³-hybridized carbons (Fsp3) is 0.214. The van der Waals surface area contributed by atoms with Gasteiger partial charge < -0.3 is 15.6 Å². The molecule has 0 unspecified atom stereocenters. The molecule has 0 fully saturated rings. The van der Waals surface area contributed by atoms with Gasteiger partial charge >= 0.3 is 5.97 Å². The highest BCUT2D eigenvalue weighted by atomic mass is 32.2. The van der Waals surface area contributed by atoms with Crippen molar-refractivity contribution in [3.8, 4) is 11.6 Å². The molecule has 110 valence electrons. The van der Waals surface area contributed by atoms with Crippen LogP contribution in [0.15, 0.2) is 41.7 Å². The largest absolute Gasteiger partial charge is 0.480 e. The van der Waals surface area contributed by atoms with E-state index in [1.54, 1.807) is 36.5 Å². The molecule has 0 saturated carbocycles. The Kier molecular flexibility index (Phi) is 5.13. The lowest BCUT2D eigenvalue weighted by molar-refractivity contribution is -0.138. The van der Waals surface area contributed by atoms with E-state index in [9.17, 15) is 4.79 Å². The van der Waals surface area contributed by atoms with Crippen LogP contribution in [0, 0.1) is 0 Å². The monoisotopic (exact) mass is 305 g/mol. The second-order valence-corrected chi connectivity index (χ2v) is 5.05. The van der Waals surface area contributed by atoms with Gasteiger partial charge in [-0.05, 0) is 30.4 Å². The minimum Gasteiger partial charge on any atom is -0.480 e. The first-order valence-electron chi connectivity index (χ1n) is 6.20. The van der Waals surface area contributed by atoms with Crippen LogP contribution >= 0.6 is 11.8 Å². The Hall–Kier alpha value is -2.12. The molecule has 2 aromatic rings. The summed E-state index contributed by atoms with van der Waals surface area (Å²) in [5, 5.41) is 9.41. The number of nitrogens with zero attached hydrogens (tertiary/aromatic N) is 2. The van der Waals surface area contributed by atoms with Gasteiger partial charge in [0.2, 0.25) is 5.88 Å². The SMILES string of the molecule is CSc1nccc(Oc2ccc(C[C@H](N)C(=O)O)cc2)n1. The van der Waals surface area contributed by atoms with Crippen LogP contribution in [0.25, 0.3) is 0 Å². The zero-order chi connectivity index (χ0) is 15.2. The second kappa shape index (κ2) is 7.05. The summed E-state index contributed by atoms with van der Waals surface area (Å²) in [6, 6.07) is 7.86. The maximum Gasteiger partial charge on any atom is 0.320 e. The average molecular weight is 305 g/mol. The highest BCUT2D eigenvalue weighted by Crippen LogP contribution is 2.21. The molecule has 0 saturated heterocycles. The number of carboxylic acids is 1. The van der Waals surface area contributed by atoms with E-state index in [1.807, 2.05) is 6.26 Å². The third-order valence-electron chi connectivity index (χ3n) is 2.71. The summed E-state index contributed by atoms with van der Waals surface area (Å²) >= 11 is 1.43. The molecule has 7 heteroatoms. The smallest absolute Gasteiger partial charge is 0.320 e. The highest BCUT2D eigenvalue weighted by molar-refractivity contribution is 7.98. The quantitative estimate of drug-likeness (QED) is 0.621. The Morgan fingerprint density at radius 2 is 2.10 bits per heavy atom. The molecule has 1 heterocycles. The van der Waals surface area contributed by atoms with Crippen LogP contribution < -0.4 is 10.5 Å². The van der Waals surface area contributed by atoms with Crippen molar-refractivity contribution < 1.29 is 14.6 Å². The van der Waals surface area contributed by atoms with Gasteiger partial charge in [-0.1, -0.05) is 23.9 Å². The predicted octanol–water partition coefficient (Wildman–Crippen LogP) is 1.95. The molecule has 21 heavy (non-hydrogen) atoms. The molecule has 0 bridgehead atoms. The minimum atomic E-state index is -1.01. The maximum absolute atomic E-state index is 10.7. The van der Waals surface area contributed by atoms with E-state index in [4.69, 9.17) is 15.6 Å². The number of thioether (sulfide) groups is 1. The molecule has 1 atom stereocenters. The fourth-order valence-corrected chi connectivity index (χ4v) is 1.98. The summed E-state index contributed by atoms with van der Waals surface area (Å²) in [6.45, 7) is 0. The number of carboxylic acid groups (broad SMARTS) is 1. The Balaban J connectivity index is 2.03. The van der Waals surface area contributed by atoms with Gasteiger partial charge in [-0.15, -0.1) is 0 Å². The molecule has 1 aromatic heterocycles. The number of aromatic nitrogens is 2. The standard InChI is InChI=1S/C14H15N3O3S/c1-21-14-16-7-6-12(17-14)20-10-4-2-9(3-5-10)8-11(15)13(18)19/h2-7,11H,8,15H2,1H3,(H,18,19)/t11-/m0/s1. The third kappa shape index (κ3) is 4.44. The number of hydrogen-bond donors (Lipinski definition) is 2. The van der Waals surface area contributed by atoms with E-state index in [0.29, 0.717) is 16.8 Å². The Bertz CT molecular complexity index is 619. The van der Waals surface area contributed by atoms with E-state index in [2.05, 4.69) is 9.97 Å². The van der Waals surface area contributed by atoms with Crippen molar-refractivity contribution in [3.63, 3.8) is 0 Å². The zero-order valence-electron chi connectivity index (χ0n) is 11.4. The molecule has 0 aliphatic rings. The molecule has 2 rings (SSSR count). The maximum atomic E-state index is 10.7. The molecule has 0 amide bonds. The highest BCUT2D eigenvalue weighted by Gasteiger charge is 2.12. The van der Waals surface area contributed by atoms with Crippen molar-refractivity contribution in [2.45, 2.75) is 17.6 Å². The lowest BCUT2D eigenvalue weighted by atomic mass is 10.1. The van der Waals surface area contributed by atoms with Crippen LogP contribution in [0.4, 0.5) is 0 Å². The van der Waals surface area contributed by atoms with Gasteiger partial charge in [-0.2, -0.15) is 4.98 Å². The average Bonchev–Trinajstić information content (AvgIpc) is 2.49. The van der Waals surface area contributed by atoms with E-state index >= 15 is 0 Å². The summed E-state index contributed by atoms with van der Waals surface area (Å²) in [6.07, 6.45) is 3.80. The Labute approximate surface area is 126 Å². The zero-order valence-corrected chi connectivity index (χ0v) is 12.2. The number of hydrogen-bond acceptors (Lipinski definition) is 6. The minimum absolute atomic E-state index is 0.278. The molecule has 3 N–H and O–H groups in total. The van der Waals surface area contributed by atoms with Gasteiger partial charge in [0.15, 0.2) is 5.16 Å². The van der Waals surface area contributed by atoms with E-state index < -0.39 is 12.0 Å². The molecular formula is C14H15N3O3S. The molecule has 6 nitrogen and oxygen atoms in total.